The largest absolute Gasteiger partial charge is 0.396 e. The Morgan fingerprint density at radius 2 is 1.96 bits per heavy atom. The first-order valence-electron chi connectivity index (χ1n) is 9.33. The van der Waals surface area contributed by atoms with Gasteiger partial charge in [0.1, 0.15) is 0 Å². The van der Waals surface area contributed by atoms with E-state index in [4.69, 9.17) is 0 Å². The minimum atomic E-state index is 0.145. The summed E-state index contributed by atoms with van der Waals surface area (Å²) in [4.78, 5) is 14.3. The lowest BCUT2D eigenvalue weighted by Crippen LogP contribution is -2.34. The fourth-order valence-corrected chi connectivity index (χ4v) is 3.38. The Morgan fingerprint density at radius 1 is 1.29 bits per heavy atom. The first kappa shape index (κ1) is 18.8. The summed E-state index contributed by atoms with van der Waals surface area (Å²) in [6, 6.07) is 8.48. The van der Waals surface area contributed by atoms with Crippen LogP contribution in [-0.2, 0) is 11.3 Å². The van der Waals surface area contributed by atoms with Crippen molar-refractivity contribution in [1.82, 2.24) is 5.32 Å². The molecule has 4 heteroatoms. The highest BCUT2D eigenvalue weighted by molar-refractivity contribution is 5.76. The van der Waals surface area contributed by atoms with Gasteiger partial charge in [-0.25, -0.2) is 0 Å². The second-order valence-corrected chi connectivity index (χ2v) is 7.15. The summed E-state index contributed by atoms with van der Waals surface area (Å²) >= 11 is 0. The molecule has 1 fully saturated rings. The molecule has 2 rings (SSSR count). The van der Waals surface area contributed by atoms with E-state index in [1.54, 1.807) is 0 Å². The Balaban J connectivity index is 1.77. The summed E-state index contributed by atoms with van der Waals surface area (Å²) in [5, 5.41) is 12.2. The molecule has 4 nitrogen and oxygen atoms in total. The average Bonchev–Trinajstić information content (AvgIpc) is 2.61. The first-order valence-corrected chi connectivity index (χ1v) is 9.33. The molecule has 1 heterocycles. The molecular formula is C20H32N2O2. The molecule has 0 radical (unpaired) electrons. The average molecular weight is 332 g/mol. The Hall–Kier alpha value is -1.55. The number of aliphatic hydroxyl groups excluding tert-OH is 1. The fraction of sp³-hybridized carbons (Fsp3) is 0.650. The molecule has 2 N–H and O–H groups in total. The van der Waals surface area contributed by atoms with Gasteiger partial charge in [-0.3, -0.25) is 4.79 Å². The number of aliphatic hydroxyl groups is 1. The smallest absolute Gasteiger partial charge is 0.220 e. The molecule has 24 heavy (non-hydrogen) atoms. The Labute approximate surface area is 146 Å². The maximum Gasteiger partial charge on any atom is 0.220 e. The second kappa shape index (κ2) is 9.67. The molecule has 0 bridgehead atoms. The summed E-state index contributed by atoms with van der Waals surface area (Å²) in [6.45, 7) is 7.22. The zero-order valence-electron chi connectivity index (χ0n) is 15.1. The maximum absolute atomic E-state index is 11.9. The molecule has 1 unspecified atom stereocenters. The van der Waals surface area contributed by atoms with Crippen LogP contribution >= 0.6 is 0 Å². The van der Waals surface area contributed by atoms with E-state index in [2.05, 4.69) is 48.3 Å². The van der Waals surface area contributed by atoms with Crippen LogP contribution in [0.2, 0.25) is 0 Å². The molecule has 0 saturated carbocycles. The van der Waals surface area contributed by atoms with Crippen LogP contribution in [0.4, 0.5) is 5.69 Å². The summed E-state index contributed by atoms with van der Waals surface area (Å²) < 4.78 is 0. The molecule has 1 amide bonds. The van der Waals surface area contributed by atoms with Crippen LogP contribution in [0, 0.1) is 11.8 Å². The summed E-state index contributed by atoms with van der Waals surface area (Å²) in [5.74, 6) is 1.07. The van der Waals surface area contributed by atoms with Crippen molar-refractivity contribution >= 4 is 11.6 Å². The molecule has 1 aromatic rings. The number of anilines is 1. The van der Waals surface area contributed by atoms with Crippen molar-refractivity contribution in [1.29, 1.82) is 0 Å². The monoisotopic (exact) mass is 332 g/mol. The number of amides is 1. The van der Waals surface area contributed by atoms with Crippen molar-refractivity contribution in [3.8, 4) is 0 Å². The van der Waals surface area contributed by atoms with Gasteiger partial charge in [0.05, 0.1) is 0 Å². The van der Waals surface area contributed by atoms with Crippen LogP contribution < -0.4 is 10.2 Å². The summed E-state index contributed by atoms with van der Waals surface area (Å²) in [5.41, 5.74) is 2.37. The minimum Gasteiger partial charge on any atom is -0.396 e. The Bertz CT molecular complexity index is 493. The van der Waals surface area contributed by atoms with Gasteiger partial charge in [-0.15, -0.1) is 0 Å². The van der Waals surface area contributed by atoms with E-state index < -0.39 is 0 Å². The van der Waals surface area contributed by atoms with Crippen molar-refractivity contribution in [3.05, 3.63) is 29.8 Å². The quantitative estimate of drug-likeness (QED) is 0.768. The van der Waals surface area contributed by atoms with Crippen molar-refractivity contribution in [2.24, 2.45) is 11.8 Å². The highest BCUT2D eigenvalue weighted by atomic mass is 16.3. The molecule has 1 atom stereocenters. The predicted molar refractivity (Wildman–Crippen MR) is 99.0 cm³/mol. The van der Waals surface area contributed by atoms with Gasteiger partial charge in [0.15, 0.2) is 0 Å². The number of carbonyl (C=O) groups is 1. The highest BCUT2D eigenvalue weighted by Crippen LogP contribution is 2.23. The number of benzene rings is 1. The molecule has 0 aromatic heterocycles. The molecule has 1 saturated heterocycles. The third kappa shape index (κ3) is 5.82. The van der Waals surface area contributed by atoms with Crippen molar-refractivity contribution in [3.63, 3.8) is 0 Å². The van der Waals surface area contributed by atoms with Crippen LogP contribution in [0.25, 0.3) is 0 Å². The third-order valence-corrected chi connectivity index (χ3v) is 4.98. The van der Waals surface area contributed by atoms with Crippen LogP contribution in [0.15, 0.2) is 24.3 Å². The van der Waals surface area contributed by atoms with Crippen molar-refractivity contribution in [2.45, 2.75) is 52.5 Å². The van der Waals surface area contributed by atoms with E-state index >= 15 is 0 Å². The fourth-order valence-electron chi connectivity index (χ4n) is 3.38. The first-order chi connectivity index (χ1) is 11.6. The standard InChI is InChI=1S/C20H32N2O2/c1-3-4-16(2)13-20(24)21-14-17-5-7-19(8-6-17)22-11-9-18(15-23)10-12-22/h5-8,16,18,23H,3-4,9-15H2,1-2H3,(H,21,24). The predicted octanol–water partition coefficient (Wildman–Crippen LogP) is 3.34. The lowest BCUT2D eigenvalue weighted by atomic mass is 9.97. The van der Waals surface area contributed by atoms with Crippen LogP contribution in [0.5, 0.6) is 0 Å². The molecule has 0 aliphatic carbocycles. The number of nitrogens with zero attached hydrogens (tertiary/aromatic N) is 1. The van der Waals surface area contributed by atoms with Gasteiger partial charge in [-0.1, -0.05) is 38.8 Å². The number of piperidine rings is 1. The number of carbonyl (C=O) groups excluding carboxylic acids is 1. The Kier molecular flexibility index (Phi) is 7.57. The molecule has 134 valence electrons. The van der Waals surface area contributed by atoms with E-state index in [0.29, 0.717) is 31.4 Å². The van der Waals surface area contributed by atoms with Gasteiger partial charge in [-0.05, 0) is 42.4 Å². The molecule has 0 spiro atoms. The zero-order valence-corrected chi connectivity index (χ0v) is 15.1. The number of rotatable bonds is 8. The van der Waals surface area contributed by atoms with Crippen molar-refractivity contribution in [2.75, 3.05) is 24.6 Å². The summed E-state index contributed by atoms with van der Waals surface area (Å²) in [7, 11) is 0. The Morgan fingerprint density at radius 3 is 2.54 bits per heavy atom. The van der Waals surface area contributed by atoms with E-state index in [-0.39, 0.29) is 5.91 Å². The van der Waals surface area contributed by atoms with Crippen LogP contribution in [-0.4, -0.2) is 30.7 Å². The SMILES string of the molecule is CCCC(C)CC(=O)NCc1ccc(N2CCC(CO)CC2)cc1. The molecule has 1 aromatic carbocycles. The van der Waals surface area contributed by atoms with Gasteiger partial charge in [0.25, 0.3) is 0 Å². The van der Waals surface area contributed by atoms with Crippen molar-refractivity contribution < 1.29 is 9.90 Å². The van der Waals surface area contributed by atoms with E-state index in [0.717, 1.165) is 44.3 Å². The number of hydrogen-bond donors (Lipinski definition) is 2. The number of hydrogen-bond acceptors (Lipinski definition) is 3. The highest BCUT2D eigenvalue weighted by Gasteiger charge is 2.18. The van der Waals surface area contributed by atoms with Crippen LogP contribution in [0.3, 0.4) is 0 Å². The molecule has 1 aliphatic rings. The maximum atomic E-state index is 11.9. The van der Waals surface area contributed by atoms with Gasteiger partial charge in [-0.2, -0.15) is 0 Å². The molecule has 1 aliphatic heterocycles. The lowest BCUT2D eigenvalue weighted by molar-refractivity contribution is -0.122. The van der Waals surface area contributed by atoms with E-state index in [9.17, 15) is 9.90 Å². The van der Waals surface area contributed by atoms with E-state index in [1.807, 2.05) is 0 Å². The van der Waals surface area contributed by atoms with Gasteiger partial charge in [0.2, 0.25) is 5.91 Å². The summed E-state index contributed by atoms with van der Waals surface area (Å²) in [6.07, 6.45) is 4.97. The minimum absolute atomic E-state index is 0.145. The second-order valence-electron chi connectivity index (χ2n) is 7.15. The zero-order chi connectivity index (χ0) is 17.4. The van der Waals surface area contributed by atoms with Crippen LogP contribution in [0.1, 0.15) is 51.5 Å². The third-order valence-electron chi connectivity index (χ3n) is 4.98. The van der Waals surface area contributed by atoms with E-state index in [1.165, 1.54) is 5.69 Å². The van der Waals surface area contributed by atoms with Gasteiger partial charge >= 0.3 is 0 Å². The van der Waals surface area contributed by atoms with Gasteiger partial charge < -0.3 is 15.3 Å². The lowest BCUT2D eigenvalue weighted by Gasteiger charge is -2.33. The topological polar surface area (TPSA) is 52.6 Å². The normalized spacial score (nSPS) is 16.9. The van der Waals surface area contributed by atoms with Gasteiger partial charge in [0, 0.05) is 38.3 Å². The number of nitrogens with one attached hydrogen (secondary N) is 1. The molecular weight excluding hydrogens is 300 g/mol.